The quantitative estimate of drug-likeness (QED) is 0.492. The summed E-state index contributed by atoms with van der Waals surface area (Å²) in [6.45, 7) is 4.32. The number of halogens is 1. The normalized spacial score (nSPS) is 16.2. The fraction of sp³-hybridized carbons (Fsp3) is 0.391. The molecule has 0 spiro atoms. The molecule has 1 atom stereocenters. The van der Waals surface area contributed by atoms with E-state index in [1.54, 1.807) is 17.5 Å². The minimum absolute atomic E-state index is 0.377. The van der Waals surface area contributed by atoms with Gasteiger partial charge in [-0.1, -0.05) is 24.9 Å². The lowest BCUT2D eigenvalue weighted by atomic mass is 9.71. The Hall–Kier alpha value is -2.13. The molecular formula is C23H23ClN2O2S. The number of rotatable bonds is 6. The standard InChI is InChI=1S/C23H23ClN2O2S/c1-3-19(27)20-11-18-22(29-20)16(5-8-26-18)17-10-15(24)9-14(2)21(17)28-13-23(12-25)6-4-7-23/h5,8-11,19,27H,3-4,6-7,13H2,1-2H3. The summed E-state index contributed by atoms with van der Waals surface area (Å²) in [6, 6.07) is 10.2. The van der Waals surface area contributed by atoms with Crippen molar-refractivity contribution < 1.29 is 9.84 Å². The number of hydrogen-bond donors (Lipinski definition) is 1. The number of nitriles is 1. The Morgan fingerprint density at radius 2 is 2.14 bits per heavy atom. The maximum Gasteiger partial charge on any atom is 0.130 e. The molecule has 1 aliphatic rings. The fourth-order valence-corrected chi connectivity index (χ4v) is 5.24. The topological polar surface area (TPSA) is 66.1 Å². The number of pyridine rings is 1. The van der Waals surface area contributed by atoms with E-state index in [4.69, 9.17) is 16.3 Å². The highest BCUT2D eigenvalue weighted by molar-refractivity contribution is 7.19. The molecule has 2 aromatic heterocycles. The van der Waals surface area contributed by atoms with E-state index in [1.807, 2.05) is 38.1 Å². The van der Waals surface area contributed by atoms with Crippen molar-refractivity contribution in [3.63, 3.8) is 0 Å². The van der Waals surface area contributed by atoms with Crippen molar-refractivity contribution in [2.75, 3.05) is 6.61 Å². The van der Waals surface area contributed by atoms with Crippen LogP contribution in [0.5, 0.6) is 5.75 Å². The molecule has 0 aliphatic heterocycles. The second kappa shape index (κ2) is 7.95. The van der Waals surface area contributed by atoms with E-state index in [1.165, 1.54) is 0 Å². The van der Waals surface area contributed by atoms with E-state index in [-0.39, 0.29) is 5.41 Å². The van der Waals surface area contributed by atoms with Crippen LogP contribution in [0.2, 0.25) is 5.02 Å². The zero-order chi connectivity index (χ0) is 20.6. The molecule has 150 valence electrons. The fourth-order valence-electron chi connectivity index (χ4n) is 3.76. The monoisotopic (exact) mass is 426 g/mol. The largest absolute Gasteiger partial charge is 0.491 e. The summed E-state index contributed by atoms with van der Waals surface area (Å²) >= 11 is 7.95. The van der Waals surface area contributed by atoms with Gasteiger partial charge in [-0.3, -0.25) is 4.98 Å². The average molecular weight is 427 g/mol. The Bertz CT molecular complexity index is 1100. The molecule has 1 saturated carbocycles. The lowest BCUT2D eigenvalue weighted by Crippen LogP contribution is -2.34. The molecule has 0 radical (unpaired) electrons. The third kappa shape index (κ3) is 3.73. The molecule has 6 heteroatoms. The van der Waals surface area contributed by atoms with Gasteiger partial charge in [-0.05, 0) is 56.0 Å². The number of aromatic nitrogens is 1. The number of ether oxygens (including phenoxy) is 1. The predicted molar refractivity (Wildman–Crippen MR) is 117 cm³/mol. The third-order valence-corrected chi connectivity index (χ3v) is 7.19. The number of aryl methyl sites for hydroxylation is 1. The van der Waals surface area contributed by atoms with Gasteiger partial charge in [-0.15, -0.1) is 11.3 Å². The van der Waals surface area contributed by atoms with Crippen molar-refractivity contribution in [3.05, 3.63) is 45.9 Å². The van der Waals surface area contributed by atoms with Gasteiger partial charge in [-0.25, -0.2) is 0 Å². The van der Waals surface area contributed by atoms with Crippen molar-refractivity contribution in [2.24, 2.45) is 5.41 Å². The Kier molecular flexibility index (Phi) is 5.52. The molecule has 1 unspecified atom stereocenters. The highest BCUT2D eigenvalue weighted by atomic mass is 35.5. The molecular weight excluding hydrogens is 404 g/mol. The van der Waals surface area contributed by atoms with Gasteiger partial charge < -0.3 is 9.84 Å². The molecule has 0 amide bonds. The van der Waals surface area contributed by atoms with Crippen molar-refractivity contribution >= 4 is 33.2 Å². The van der Waals surface area contributed by atoms with Gasteiger partial charge in [0, 0.05) is 27.2 Å². The first-order valence-corrected chi connectivity index (χ1v) is 11.1. The van der Waals surface area contributed by atoms with Crippen LogP contribution in [-0.4, -0.2) is 16.7 Å². The van der Waals surface area contributed by atoms with Crippen LogP contribution in [0.25, 0.3) is 21.3 Å². The van der Waals surface area contributed by atoms with E-state index in [2.05, 4.69) is 11.1 Å². The molecule has 4 nitrogen and oxygen atoms in total. The van der Waals surface area contributed by atoms with Crippen LogP contribution in [0, 0.1) is 23.7 Å². The van der Waals surface area contributed by atoms with E-state index >= 15 is 0 Å². The molecule has 1 aliphatic carbocycles. The number of hydrogen-bond acceptors (Lipinski definition) is 5. The molecule has 1 fully saturated rings. The highest BCUT2D eigenvalue weighted by Crippen LogP contribution is 2.45. The summed E-state index contributed by atoms with van der Waals surface area (Å²) in [5, 5.41) is 20.5. The van der Waals surface area contributed by atoms with Gasteiger partial charge in [0.05, 0.1) is 27.8 Å². The molecule has 1 N–H and O–H groups in total. The van der Waals surface area contributed by atoms with Crippen molar-refractivity contribution in [3.8, 4) is 22.9 Å². The molecule has 0 bridgehead atoms. The van der Waals surface area contributed by atoms with Gasteiger partial charge in [0.25, 0.3) is 0 Å². The van der Waals surface area contributed by atoms with E-state index in [0.29, 0.717) is 18.1 Å². The zero-order valence-electron chi connectivity index (χ0n) is 16.5. The molecule has 2 heterocycles. The lowest BCUT2D eigenvalue weighted by Gasteiger charge is -2.35. The lowest BCUT2D eigenvalue weighted by molar-refractivity contribution is 0.115. The van der Waals surface area contributed by atoms with Crippen LogP contribution < -0.4 is 4.74 Å². The first-order chi connectivity index (χ1) is 14.0. The minimum Gasteiger partial charge on any atom is -0.491 e. The first-order valence-electron chi connectivity index (χ1n) is 9.87. The second-order valence-electron chi connectivity index (χ2n) is 7.78. The van der Waals surface area contributed by atoms with Crippen molar-refractivity contribution in [1.29, 1.82) is 5.26 Å². The Balaban J connectivity index is 1.80. The maximum absolute atomic E-state index is 10.3. The van der Waals surface area contributed by atoms with Crippen LogP contribution in [0.15, 0.2) is 30.5 Å². The first kappa shape index (κ1) is 20.2. The number of nitrogens with zero attached hydrogens (tertiary/aromatic N) is 2. The van der Waals surface area contributed by atoms with Gasteiger partial charge in [-0.2, -0.15) is 5.26 Å². The van der Waals surface area contributed by atoms with Gasteiger partial charge in [0.15, 0.2) is 0 Å². The molecule has 1 aromatic carbocycles. The average Bonchev–Trinajstić information content (AvgIpc) is 3.12. The Labute approximate surface area is 179 Å². The number of benzene rings is 1. The van der Waals surface area contributed by atoms with Crippen molar-refractivity contribution in [2.45, 2.75) is 45.6 Å². The number of aliphatic hydroxyl groups excluding tert-OH is 1. The van der Waals surface area contributed by atoms with Crippen LogP contribution in [-0.2, 0) is 0 Å². The number of aliphatic hydroxyl groups is 1. The summed E-state index contributed by atoms with van der Waals surface area (Å²) in [4.78, 5) is 5.39. The SMILES string of the molecule is CCC(O)c1cc2nccc(-c3cc(Cl)cc(C)c3OCC3(C#N)CCC3)c2s1. The smallest absolute Gasteiger partial charge is 0.130 e. The van der Waals surface area contributed by atoms with Crippen LogP contribution in [0.3, 0.4) is 0 Å². The number of thiophene rings is 1. The maximum atomic E-state index is 10.3. The zero-order valence-corrected chi connectivity index (χ0v) is 18.1. The van der Waals surface area contributed by atoms with Crippen molar-refractivity contribution in [1.82, 2.24) is 4.98 Å². The summed E-state index contributed by atoms with van der Waals surface area (Å²) in [6.07, 6.45) is 4.78. The van der Waals surface area contributed by atoms with E-state index in [9.17, 15) is 10.4 Å². The van der Waals surface area contributed by atoms with Gasteiger partial charge in [0.2, 0.25) is 0 Å². The van der Waals surface area contributed by atoms with Gasteiger partial charge >= 0.3 is 0 Å². The van der Waals surface area contributed by atoms with E-state index < -0.39 is 6.10 Å². The third-order valence-electron chi connectivity index (χ3n) is 5.72. The Morgan fingerprint density at radius 3 is 2.79 bits per heavy atom. The van der Waals surface area contributed by atoms with Crippen LogP contribution >= 0.6 is 22.9 Å². The molecule has 0 saturated heterocycles. The predicted octanol–water partition coefficient (Wildman–Crippen LogP) is 6.44. The van der Waals surface area contributed by atoms with Crippen LogP contribution in [0.1, 0.15) is 49.2 Å². The molecule has 4 rings (SSSR count). The highest BCUT2D eigenvalue weighted by Gasteiger charge is 2.38. The second-order valence-corrected chi connectivity index (χ2v) is 9.30. The summed E-state index contributed by atoms with van der Waals surface area (Å²) in [5.41, 5.74) is 3.29. The van der Waals surface area contributed by atoms with E-state index in [0.717, 1.165) is 56.8 Å². The summed E-state index contributed by atoms with van der Waals surface area (Å²) in [7, 11) is 0. The molecule has 29 heavy (non-hydrogen) atoms. The molecule has 3 aromatic rings. The number of fused-ring (bicyclic) bond motifs is 1. The van der Waals surface area contributed by atoms with Gasteiger partial charge in [0.1, 0.15) is 12.4 Å². The Morgan fingerprint density at radius 1 is 1.34 bits per heavy atom. The van der Waals surface area contributed by atoms with Crippen LogP contribution in [0.4, 0.5) is 0 Å². The summed E-state index contributed by atoms with van der Waals surface area (Å²) in [5.74, 6) is 0.759. The summed E-state index contributed by atoms with van der Waals surface area (Å²) < 4.78 is 7.25. The minimum atomic E-state index is -0.493.